The minimum Gasteiger partial charge on any atom is -0.409 e. The van der Waals surface area contributed by atoms with Gasteiger partial charge in [-0.25, -0.2) is 4.98 Å². The van der Waals surface area contributed by atoms with Crippen LogP contribution in [0.1, 0.15) is 45.4 Å². The molecule has 0 aliphatic rings. The van der Waals surface area contributed by atoms with E-state index in [9.17, 15) is 4.79 Å². The second-order valence-electron chi connectivity index (χ2n) is 6.52. The van der Waals surface area contributed by atoms with E-state index in [0.29, 0.717) is 23.3 Å². The van der Waals surface area contributed by atoms with E-state index in [0.717, 1.165) is 18.4 Å². The average molecular weight is 350 g/mol. The summed E-state index contributed by atoms with van der Waals surface area (Å²) in [7, 11) is 0. The van der Waals surface area contributed by atoms with Crippen LogP contribution >= 0.6 is 0 Å². The van der Waals surface area contributed by atoms with Crippen molar-refractivity contribution in [2.24, 2.45) is 0 Å². The molecule has 0 saturated carbocycles. The first-order valence-corrected chi connectivity index (χ1v) is 9.51. The Hall–Kier alpha value is -2.62. The van der Waals surface area contributed by atoms with E-state index in [1.807, 2.05) is 48.5 Å². The summed E-state index contributed by atoms with van der Waals surface area (Å²) in [5.74, 6) is 0.556. The van der Waals surface area contributed by atoms with Gasteiger partial charge in [0.05, 0.1) is 10.9 Å². The van der Waals surface area contributed by atoms with Gasteiger partial charge in [0.1, 0.15) is 6.61 Å². The van der Waals surface area contributed by atoms with E-state index >= 15 is 0 Å². The molecule has 0 radical (unpaired) electrons. The lowest BCUT2D eigenvalue weighted by molar-refractivity contribution is 0.101. The van der Waals surface area contributed by atoms with E-state index in [2.05, 4.69) is 11.9 Å². The molecule has 0 atom stereocenters. The third kappa shape index (κ3) is 4.31. The van der Waals surface area contributed by atoms with Crippen molar-refractivity contribution < 1.29 is 4.84 Å². The second kappa shape index (κ2) is 9.18. The molecule has 2 aromatic carbocycles. The Labute approximate surface area is 154 Å². The fourth-order valence-corrected chi connectivity index (χ4v) is 3.04. The van der Waals surface area contributed by atoms with Gasteiger partial charge >= 0.3 is 0 Å². The monoisotopic (exact) mass is 350 g/mol. The van der Waals surface area contributed by atoms with Crippen molar-refractivity contribution >= 4 is 10.9 Å². The molecule has 1 heterocycles. The topological polar surface area (TPSA) is 44.1 Å². The summed E-state index contributed by atoms with van der Waals surface area (Å²) in [5.41, 5.74) is 1.41. The first-order valence-electron chi connectivity index (χ1n) is 9.51. The lowest BCUT2D eigenvalue weighted by Gasteiger charge is -2.14. The Morgan fingerprint density at radius 2 is 1.58 bits per heavy atom. The first kappa shape index (κ1) is 18.2. The number of benzene rings is 2. The molecular formula is C22H26N2O2. The molecule has 0 saturated heterocycles. The summed E-state index contributed by atoms with van der Waals surface area (Å²) >= 11 is 0. The Bertz CT molecular complexity index is 888. The van der Waals surface area contributed by atoms with E-state index < -0.39 is 0 Å². The largest absolute Gasteiger partial charge is 0.409 e. The Kier molecular flexibility index (Phi) is 6.42. The molecule has 0 spiro atoms. The van der Waals surface area contributed by atoms with Crippen molar-refractivity contribution in [3.63, 3.8) is 0 Å². The van der Waals surface area contributed by atoms with E-state index in [1.165, 1.54) is 30.4 Å². The number of fused-ring (bicyclic) bond motifs is 1. The van der Waals surface area contributed by atoms with Crippen molar-refractivity contribution in [3.8, 4) is 11.4 Å². The molecule has 0 unspecified atom stereocenters. The molecule has 0 bridgehead atoms. The number of hydrogen-bond donors (Lipinski definition) is 0. The number of rotatable bonds is 9. The molecular weight excluding hydrogens is 324 g/mol. The molecule has 26 heavy (non-hydrogen) atoms. The van der Waals surface area contributed by atoms with Gasteiger partial charge in [-0.1, -0.05) is 75.1 Å². The van der Waals surface area contributed by atoms with Crippen LogP contribution in [0.25, 0.3) is 22.3 Å². The van der Waals surface area contributed by atoms with Crippen molar-refractivity contribution in [1.82, 2.24) is 9.71 Å². The maximum absolute atomic E-state index is 12.9. The zero-order valence-electron chi connectivity index (χ0n) is 15.4. The summed E-state index contributed by atoms with van der Waals surface area (Å²) < 4.78 is 1.36. The van der Waals surface area contributed by atoms with Crippen molar-refractivity contribution in [1.29, 1.82) is 0 Å². The molecule has 3 aromatic rings. The average Bonchev–Trinajstić information content (AvgIpc) is 2.69. The molecule has 4 nitrogen and oxygen atoms in total. The van der Waals surface area contributed by atoms with E-state index in [1.54, 1.807) is 6.07 Å². The standard InChI is InChI=1S/C22H26N2O2/c1-2-3-4-5-6-12-17-26-24-21(18-13-8-7-9-14-18)23-20-16-11-10-15-19(20)22(24)25/h7-11,13-16H,2-6,12,17H2,1H3. The fourth-order valence-electron chi connectivity index (χ4n) is 3.04. The number of aromatic nitrogens is 2. The highest BCUT2D eigenvalue weighted by Gasteiger charge is 2.13. The van der Waals surface area contributed by atoms with Gasteiger partial charge in [0.15, 0.2) is 5.82 Å². The van der Waals surface area contributed by atoms with Crippen LogP contribution in [0.2, 0.25) is 0 Å². The van der Waals surface area contributed by atoms with Crippen molar-refractivity contribution in [2.45, 2.75) is 45.4 Å². The molecule has 1 aromatic heterocycles. The molecule has 0 aliphatic carbocycles. The molecule has 0 fully saturated rings. The van der Waals surface area contributed by atoms with Crippen LogP contribution in [-0.4, -0.2) is 16.3 Å². The van der Waals surface area contributed by atoms with E-state index in [-0.39, 0.29) is 5.56 Å². The second-order valence-corrected chi connectivity index (χ2v) is 6.52. The quantitative estimate of drug-likeness (QED) is 0.518. The Morgan fingerprint density at radius 1 is 0.885 bits per heavy atom. The summed E-state index contributed by atoms with van der Waals surface area (Å²) in [4.78, 5) is 23.5. The van der Waals surface area contributed by atoms with Gasteiger partial charge in [0.25, 0.3) is 5.56 Å². The number of para-hydroxylation sites is 1. The predicted molar refractivity (Wildman–Crippen MR) is 106 cm³/mol. The van der Waals surface area contributed by atoms with Crippen LogP contribution in [0.15, 0.2) is 59.4 Å². The van der Waals surface area contributed by atoms with Crippen LogP contribution in [0, 0.1) is 0 Å². The smallest absolute Gasteiger partial charge is 0.294 e. The molecule has 3 rings (SSSR count). The normalized spacial score (nSPS) is 11.0. The zero-order valence-corrected chi connectivity index (χ0v) is 15.4. The Morgan fingerprint density at radius 3 is 2.38 bits per heavy atom. The predicted octanol–water partition coefficient (Wildman–Crippen LogP) is 4.85. The van der Waals surface area contributed by atoms with Gasteiger partial charge in [0, 0.05) is 5.56 Å². The van der Waals surface area contributed by atoms with Crippen molar-refractivity contribution in [2.75, 3.05) is 6.61 Å². The number of unbranched alkanes of at least 4 members (excludes halogenated alkanes) is 5. The summed E-state index contributed by atoms with van der Waals surface area (Å²) in [6.07, 6.45) is 7.08. The molecule has 0 aliphatic heterocycles. The van der Waals surface area contributed by atoms with Gasteiger partial charge in [-0.05, 0) is 25.0 Å². The van der Waals surface area contributed by atoms with Crippen LogP contribution in [0.3, 0.4) is 0 Å². The lowest BCUT2D eigenvalue weighted by atomic mass is 10.1. The van der Waals surface area contributed by atoms with Crippen LogP contribution in [0.5, 0.6) is 0 Å². The summed E-state index contributed by atoms with van der Waals surface area (Å²) in [5, 5.41) is 0.579. The van der Waals surface area contributed by atoms with Gasteiger partial charge in [-0.15, -0.1) is 4.73 Å². The lowest BCUT2D eigenvalue weighted by Crippen LogP contribution is -2.30. The van der Waals surface area contributed by atoms with Crippen LogP contribution in [-0.2, 0) is 0 Å². The molecule has 0 N–H and O–H groups in total. The van der Waals surface area contributed by atoms with Crippen molar-refractivity contribution in [3.05, 3.63) is 65.0 Å². The van der Waals surface area contributed by atoms with Crippen LogP contribution in [0.4, 0.5) is 0 Å². The molecule has 0 amide bonds. The minimum atomic E-state index is -0.152. The molecule has 4 heteroatoms. The van der Waals surface area contributed by atoms with Gasteiger partial charge < -0.3 is 4.84 Å². The van der Waals surface area contributed by atoms with E-state index in [4.69, 9.17) is 4.84 Å². The highest BCUT2D eigenvalue weighted by Crippen LogP contribution is 2.18. The first-order chi connectivity index (χ1) is 12.8. The van der Waals surface area contributed by atoms with Gasteiger partial charge in [-0.3, -0.25) is 4.79 Å². The SMILES string of the molecule is CCCCCCCCOn1c(-c2ccccc2)nc2ccccc2c1=O. The fraction of sp³-hybridized carbons (Fsp3) is 0.364. The third-order valence-corrected chi connectivity index (χ3v) is 4.49. The highest BCUT2D eigenvalue weighted by atomic mass is 16.7. The summed E-state index contributed by atoms with van der Waals surface area (Å²) in [6, 6.07) is 17.1. The molecule has 136 valence electrons. The highest BCUT2D eigenvalue weighted by molar-refractivity contribution is 5.79. The summed E-state index contributed by atoms with van der Waals surface area (Å²) in [6.45, 7) is 2.74. The van der Waals surface area contributed by atoms with Crippen LogP contribution < -0.4 is 10.4 Å². The number of hydrogen-bond acceptors (Lipinski definition) is 3. The Balaban J connectivity index is 1.83. The zero-order chi connectivity index (χ0) is 18.2. The maximum atomic E-state index is 12.9. The minimum absolute atomic E-state index is 0.152. The number of nitrogens with zero attached hydrogens (tertiary/aromatic N) is 2. The maximum Gasteiger partial charge on any atom is 0.294 e. The van der Waals surface area contributed by atoms with Gasteiger partial charge in [0.2, 0.25) is 0 Å². The third-order valence-electron chi connectivity index (χ3n) is 4.49. The van der Waals surface area contributed by atoms with Gasteiger partial charge in [-0.2, -0.15) is 0 Å².